The zero-order chi connectivity index (χ0) is 29.1. The van der Waals surface area contributed by atoms with Crippen LogP contribution in [-0.4, -0.2) is 69.9 Å². The maximum absolute atomic E-state index is 13.1. The zero-order valence-corrected chi connectivity index (χ0v) is 21.7. The molecule has 0 aromatic heterocycles. The Morgan fingerprint density at radius 2 is 1.30 bits per heavy atom. The van der Waals surface area contributed by atoms with Gasteiger partial charge in [0.15, 0.2) is 0 Å². The van der Waals surface area contributed by atoms with Crippen LogP contribution in [-0.2, 0) is 41.6 Å². The van der Waals surface area contributed by atoms with Crippen LogP contribution in [0.2, 0.25) is 0 Å². The molecule has 0 saturated carbocycles. The van der Waals surface area contributed by atoms with E-state index in [0.29, 0.717) is 11.1 Å². The summed E-state index contributed by atoms with van der Waals surface area (Å²) >= 11 is 0. The average Bonchev–Trinajstić information content (AvgIpc) is 3.37. The molecule has 6 N–H and O–H groups in total. The monoisotopic (exact) mass is 552 g/mol. The van der Waals surface area contributed by atoms with Gasteiger partial charge in [-0.25, -0.2) is 9.59 Å². The minimum Gasteiger partial charge on any atom is -0.480 e. The lowest BCUT2D eigenvalue weighted by atomic mass is 10.0. The molecule has 1 aliphatic heterocycles. The Morgan fingerprint density at radius 3 is 1.77 bits per heavy atom. The van der Waals surface area contributed by atoms with E-state index in [9.17, 15) is 39.0 Å². The largest absolute Gasteiger partial charge is 0.480 e. The highest BCUT2D eigenvalue weighted by molar-refractivity contribution is 5.95. The molecule has 12 nitrogen and oxygen atoms in total. The molecule has 1 heterocycles. The van der Waals surface area contributed by atoms with Crippen molar-refractivity contribution in [1.82, 2.24) is 21.3 Å². The van der Waals surface area contributed by atoms with Gasteiger partial charge in [0.25, 0.3) is 0 Å². The highest BCUT2D eigenvalue weighted by Gasteiger charge is 2.32. The van der Waals surface area contributed by atoms with E-state index >= 15 is 0 Å². The summed E-state index contributed by atoms with van der Waals surface area (Å²) in [7, 11) is 0. The van der Waals surface area contributed by atoms with Crippen LogP contribution < -0.4 is 21.3 Å². The third kappa shape index (κ3) is 9.22. The second-order valence-corrected chi connectivity index (χ2v) is 9.50. The molecule has 0 aliphatic carbocycles. The molecule has 1 aliphatic rings. The third-order valence-electron chi connectivity index (χ3n) is 6.42. The Labute approximate surface area is 230 Å². The Kier molecular flexibility index (Phi) is 10.7. The highest BCUT2D eigenvalue weighted by atomic mass is 16.4. The molecular formula is C28H32N4O8. The van der Waals surface area contributed by atoms with Crippen LogP contribution in [0.3, 0.4) is 0 Å². The molecule has 4 amide bonds. The molecule has 0 radical (unpaired) electrons. The van der Waals surface area contributed by atoms with Gasteiger partial charge in [-0.1, -0.05) is 60.7 Å². The van der Waals surface area contributed by atoms with Gasteiger partial charge in [0, 0.05) is 25.7 Å². The van der Waals surface area contributed by atoms with Crippen LogP contribution in [0.4, 0.5) is 0 Å². The summed E-state index contributed by atoms with van der Waals surface area (Å²) in [6.45, 7) is 0. The summed E-state index contributed by atoms with van der Waals surface area (Å²) in [6, 6.07) is 12.7. The lowest BCUT2D eigenvalue weighted by Crippen LogP contribution is -2.55. The number of aliphatic carboxylic acids is 2. The fourth-order valence-corrected chi connectivity index (χ4v) is 4.27. The quantitative estimate of drug-likeness (QED) is 0.191. The van der Waals surface area contributed by atoms with Crippen LogP contribution >= 0.6 is 0 Å². The average molecular weight is 553 g/mol. The van der Waals surface area contributed by atoms with Crippen molar-refractivity contribution >= 4 is 35.6 Å². The zero-order valence-electron chi connectivity index (χ0n) is 21.7. The first-order valence-corrected chi connectivity index (χ1v) is 12.8. The lowest BCUT2D eigenvalue weighted by molar-refractivity contribution is -0.142. The molecule has 0 bridgehead atoms. The van der Waals surface area contributed by atoms with Crippen molar-refractivity contribution in [3.05, 3.63) is 71.8 Å². The number of carboxylic acid groups (broad SMARTS) is 2. The Bertz CT molecular complexity index is 1220. The molecule has 3 rings (SSSR count). The van der Waals surface area contributed by atoms with E-state index < -0.39 is 53.8 Å². The summed E-state index contributed by atoms with van der Waals surface area (Å²) in [4.78, 5) is 73.7. The molecule has 212 valence electrons. The molecule has 1 saturated heterocycles. The summed E-state index contributed by atoms with van der Waals surface area (Å²) < 4.78 is 0. The van der Waals surface area contributed by atoms with Gasteiger partial charge in [-0.3, -0.25) is 19.2 Å². The van der Waals surface area contributed by atoms with Gasteiger partial charge in [-0.2, -0.15) is 0 Å². The number of hydrogen-bond donors (Lipinski definition) is 6. The van der Waals surface area contributed by atoms with Gasteiger partial charge < -0.3 is 31.5 Å². The summed E-state index contributed by atoms with van der Waals surface area (Å²) in [5.74, 6) is -4.96. The fourth-order valence-electron chi connectivity index (χ4n) is 4.27. The van der Waals surface area contributed by atoms with Crippen molar-refractivity contribution in [3.63, 3.8) is 0 Å². The standard InChI is InChI=1S/C28H32N4O8/c33-23-13-11-19(29-23)25(35)31-20(26(36)32-22(28(39)40)16-18-9-5-2-6-10-18)12-14-24(34)30-21(27(37)38)15-17-7-3-1-4-8-17/h1-10,19-22H,11-16H2,(H,29,33)(H,30,34)(H,31,35)(H,32,36)(H,37,38)(H,39,40)/t19-,20-,21-,22-/m0/s1. The minimum atomic E-state index is -1.31. The van der Waals surface area contributed by atoms with Crippen molar-refractivity contribution < 1.29 is 39.0 Å². The fraction of sp³-hybridized carbons (Fsp3) is 0.357. The second-order valence-electron chi connectivity index (χ2n) is 9.50. The molecule has 1 fully saturated rings. The Hall–Kier alpha value is -4.74. The highest BCUT2D eigenvalue weighted by Crippen LogP contribution is 2.10. The van der Waals surface area contributed by atoms with E-state index in [-0.39, 0.29) is 44.4 Å². The second kappa shape index (κ2) is 14.4. The van der Waals surface area contributed by atoms with Gasteiger partial charge in [-0.05, 0) is 24.0 Å². The number of carboxylic acids is 2. The first-order chi connectivity index (χ1) is 19.1. The first-order valence-electron chi connectivity index (χ1n) is 12.8. The van der Waals surface area contributed by atoms with Gasteiger partial charge in [-0.15, -0.1) is 0 Å². The predicted octanol–water partition coefficient (Wildman–Crippen LogP) is 0.154. The van der Waals surface area contributed by atoms with Crippen molar-refractivity contribution in [2.75, 3.05) is 0 Å². The number of carbonyl (C=O) groups excluding carboxylic acids is 4. The molecule has 2 aromatic rings. The SMILES string of the molecule is O=C(CC[C@H](NC(=O)[C@@H]1CCC(=O)N1)C(=O)N[C@@H](Cc1ccccc1)C(=O)O)N[C@@H](Cc1ccccc1)C(=O)O. The van der Waals surface area contributed by atoms with Gasteiger partial charge >= 0.3 is 11.9 Å². The minimum absolute atomic E-state index is 0.0124. The molecule has 12 heteroatoms. The molecule has 40 heavy (non-hydrogen) atoms. The topological polar surface area (TPSA) is 191 Å². The van der Waals surface area contributed by atoms with Crippen molar-refractivity contribution in [2.24, 2.45) is 0 Å². The number of amides is 4. The third-order valence-corrected chi connectivity index (χ3v) is 6.42. The number of rotatable bonds is 14. The maximum Gasteiger partial charge on any atom is 0.326 e. The van der Waals surface area contributed by atoms with Crippen LogP contribution in [0.5, 0.6) is 0 Å². The lowest BCUT2D eigenvalue weighted by Gasteiger charge is -2.23. The van der Waals surface area contributed by atoms with Gasteiger partial charge in [0.1, 0.15) is 24.2 Å². The Morgan fingerprint density at radius 1 is 0.775 bits per heavy atom. The van der Waals surface area contributed by atoms with E-state index in [1.807, 2.05) is 0 Å². The van der Waals surface area contributed by atoms with Crippen molar-refractivity contribution in [2.45, 2.75) is 62.7 Å². The first kappa shape index (κ1) is 29.8. The van der Waals surface area contributed by atoms with E-state index in [1.54, 1.807) is 60.7 Å². The molecular weight excluding hydrogens is 520 g/mol. The molecule has 4 atom stereocenters. The maximum atomic E-state index is 13.1. The van der Waals surface area contributed by atoms with Crippen LogP contribution in [0.25, 0.3) is 0 Å². The number of benzene rings is 2. The van der Waals surface area contributed by atoms with E-state index in [0.717, 1.165) is 0 Å². The summed E-state index contributed by atoms with van der Waals surface area (Å²) in [5.41, 5.74) is 1.37. The molecule has 0 unspecified atom stereocenters. The number of nitrogens with one attached hydrogen (secondary N) is 4. The van der Waals surface area contributed by atoms with E-state index in [4.69, 9.17) is 0 Å². The smallest absolute Gasteiger partial charge is 0.326 e. The van der Waals surface area contributed by atoms with E-state index in [2.05, 4.69) is 21.3 Å². The predicted molar refractivity (Wildman–Crippen MR) is 142 cm³/mol. The number of hydrogen-bond acceptors (Lipinski definition) is 6. The van der Waals surface area contributed by atoms with Gasteiger partial charge in [0.2, 0.25) is 23.6 Å². The normalized spacial score (nSPS) is 16.6. The molecule has 0 spiro atoms. The Balaban J connectivity index is 1.67. The summed E-state index contributed by atoms with van der Waals surface area (Å²) in [5, 5.41) is 29.1. The van der Waals surface area contributed by atoms with E-state index in [1.165, 1.54) is 0 Å². The molecule has 2 aromatic carbocycles. The summed E-state index contributed by atoms with van der Waals surface area (Å²) in [6.07, 6.45) is -0.159. The number of carbonyl (C=O) groups is 6. The van der Waals surface area contributed by atoms with Crippen LogP contribution in [0.15, 0.2) is 60.7 Å². The van der Waals surface area contributed by atoms with Crippen molar-refractivity contribution in [1.29, 1.82) is 0 Å². The van der Waals surface area contributed by atoms with Crippen molar-refractivity contribution in [3.8, 4) is 0 Å². The van der Waals surface area contributed by atoms with Crippen LogP contribution in [0, 0.1) is 0 Å². The van der Waals surface area contributed by atoms with Crippen LogP contribution in [0.1, 0.15) is 36.8 Å². The van der Waals surface area contributed by atoms with Gasteiger partial charge in [0.05, 0.1) is 0 Å².